The molecule has 0 unspecified atom stereocenters. The topological polar surface area (TPSA) is 43.8 Å². The normalized spacial score (nSPS) is 26.1. The third-order valence-corrected chi connectivity index (χ3v) is 4.00. The minimum atomic E-state index is 0.111. The molecule has 3 heteroatoms. The van der Waals surface area contributed by atoms with E-state index in [1.54, 1.807) is 0 Å². The number of nitrogens with zero attached hydrogens (tertiary/aromatic N) is 2. The van der Waals surface area contributed by atoms with Crippen LogP contribution in [0.5, 0.6) is 0 Å². The maximum atomic E-state index is 6.36. The van der Waals surface area contributed by atoms with Gasteiger partial charge in [-0.05, 0) is 38.7 Å². The molecular weight excluding hydrogens is 174 g/mol. The van der Waals surface area contributed by atoms with Crippen LogP contribution in [-0.2, 0) is 12.0 Å². The van der Waals surface area contributed by atoms with Crippen LogP contribution in [0.4, 0.5) is 0 Å². The number of hydrogen-bond acceptors (Lipinski definition) is 2. The van der Waals surface area contributed by atoms with Crippen LogP contribution in [0.25, 0.3) is 0 Å². The summed E-state index contributed by atoms with van der Waals surface area (Å²) in [5.74, 6) is 0. The second-order valence-electron chi connectivity index (χ2n) is 4.77. The molecule has 2 aliphatic rings. The Morgan fingerprint density at radius 2 is 2.14 bits per heavy atom. The van der Waals surface area contributed by atoms with E-state index in [2.05, 4.69) is 22.8 Å². The highest BCUT2D eigenvalue weighted by molar-refractivity contribution is 5.36. The first-order chi connectivity index (χ1) is 6.72. The molecule has 3 rings (SSSR count). The molecule has 1 heterocycles. The second kappa shape index (κ2) is 2.40. The van der Waals surface area contributed by atoms with E-state index in [1.807, 2.05) is 6.20 Å². The lowest BCUT2D eigenvalue weighted by Gasteiger charge is -2.23. The maximum Gasteiger partial charge on any atom is 0.0492 e. The van der Waals surface area contributed by atoms with Gasteiger partial charge in [-0.3, -0.25) is 4.68 Å². The highest BCUT2D eigenvalue weighted by Gasteiger charge is 2.65. The molecular formula is C11H17N3. The average Bonchev–Trinajstić information content (AvgIpc) is 3.08. The first kappa shape index (κ1) is 8.48. The zero-order valence-corrected chi connectivity index (χ0v) is 8.66. The Balaban J connectivity index is 2.02. The van der Waals surface area contributed by atoms with Crippen molar-refractivity contribution in [1.82, 2.24) is 9.78 Å². The minimum Gasteiger partial charge on any atom is -0.324 e. The van der Waals surface area contributed by atoms with Gasteiger partial charge in [0.05, 0.1) is 0 Å². The Morgan fingerprint density at radius 1 is 1.43 bits per heavy atom. The number of hydrogen-bond donors (Lipinski definition) is 1. The van der Waals surface area contributed by atoms with E-state index in [-0.39, 0.29) is 5.54 Å². The van der Waals surface area contributed by atoms with Crippen LogP contribution in [0.15, 0.2) is 12.3 Å². The quantitative estimate of drug-likeness (QED) is 0.785. The van der Waals surface area contributed by atoms with Crippen molar-refractivity contribution in [3.8, 4) is 0 Å². The van der Waals surface area contributed by atoms with Gasteiger partial charge in [0.1, 0.15) is 0 Å². The predicted octanol–water partition coefficient (Wildman–Crippen LogP) is 1.43. The molecule has 2 fully saturated rings. The third-order valence-electron chi connectivity index (χ3n) is 4.00. The summed E-state index contributed by atoms with van der Waals surface area (Å²) in [6, 6.07) is 2.16. The second-order valence-corrected chi connectivity index (χ2v) is 4.77. The van der Waals surface area contributed by atoms with E-state index in [0.717, 1.165) is 6.54 Å². The fraction of sp³-hybridized carbons (Fsp3) is 0.727. The fourth-order valence-corrected chi connectivity index (χ4v) is 2.74. The summed E-state index contributed by atoms with van der Waals surface area (Å²) in [4.78, 5) is 0. The molecule has 0 saturated heterocycles. The highest BCUT2D eigenvalue weighted by atomic mass is 15.3. The van der Waals surface area contributed by atoms with Crippen molar-refractivity contribution < 1.29 is 0 Å². The van der Waals surface area contributed by atoms with Crippen molar-refractivity contribution >= 4 is 0 Å². The molecule has 1 aromatic heterocycles. The van der Waals surface area contributed by atoms with Gasteiger partial charge in [-0.25, -0.2) is 0 Å². The molecule has 0 amide bonds. The predicted molar refractivity (Wildman–Crippen MR) is 55.0 cm³/mol. The Bertz CT molecular complexity index is 358. The average molecular weight is 191 g/mol. The molecule has 3 nitrogen and oxygen atoms in total. The van der Waals surface area contributed by atoms with Crippen LogP contribution < -0.4 is 5.73 Å². The number of rotatable bonds is 3. The Kier molecular flexibility index (Phi) is 1.45. The van der Waals surface area contributed by atoms with Gasteiger partial charge in [0, 0.05) is 29.4 Å². The smallest absolute Gasteiger partial charge is 0.0492 e. The van der Waals surface area contributed by atoms with E-state index in [0.29, 0.717) is 5.41 Å². The van der Waals surface area contributed by atoms with E-state index >= 15 is 0 Å². The summed E-state index contributed by atoms with van der Waals surface area (Å²) in [7, 11) is 0. The SMILES string of the molecule is CCn1nccc1C1(C2(N)CC2)CC1. The van der Waals surface area contributed by atoms with Crippen LogP contribution >= 0.6 is 0 Å². The van der Waals surface area contributed by atoms with Crippen molar-refractivity contribution in [2.24, 2.45) is 5.73 Å². The summed E-state index contributed by atoms with van der Waals surface area (Å²) in [6.07, 6.45) is 6.82. The molecule has 0 bridgehead atoms. The Morgan fingerprint density at radius 3 is 2.64 bits per heavy atom. The maximum absolute atomic E-state index is 6.36. The lowest BCUT2D eigenvalue weighted by Crippen LogP contribution is -2.38. The Labute approximate surface area is 84.3 Å². The molecule has 0 spiro atoms. The Hall–Kier alpha value is -0.830. The van der Waals surface area contributed by atoms with Gasteiger partial charge in [-0.15, -0.1) is 0 Å². The van der Waals surface area contributed by atoms with Gasteiger partial charge >= 0.3 is 0 Å². The molecule has 0 radical (unpaired) electrons. The monoisotopic (exact) mass is 191 g/mol. The van der Waals surface area contributed by atoms with Crippen molar-refractivity contribution in [3.63, 3.8) is 0 Å². The van der Waals surface area contributed by atoms with Crippen molar-refractivity contribution in [2.75, 3.05) is 0 Å². The van der Waals surface area contributed by atoms with Crippen LogP contribution in [0, 0.1) is 0 Å². The van der Waals surface area contributed by atoms with Crippen LogP contribution in [-0.4, -0.2) is 15.3 Å². The number of aromatic nitrogens is 2. The van der Waals surface area contributed by atoms with E-state index in [4.69, 9.17) is 5.73 Å². The first-order valence-electron chi connectivity index (χ1n) is 5.53. The standard InChI is InChI=1S/C11H17N3/c1-2-14-9(3-8-13-14)10(4-5-10)11(12)6-7-11/h3,8H,2,4-7,12H2,1H3. The largest absolute Gasteiger partial charge is 0.324 e. The zero-order valence-electron chi connectivity index (χ0n) is 8.66. The molecule has 2 N–H and O–H groups in total. The van der Waals surface area contributed by atoms with Crippen molar-refractivity contribution in [3.05, 3.63) is 18.0 Å². The number of nitrogens with two attached hydrogens (primary N) is 1. The lowest BCUT2D eigenvalue weighted by atomic mass is 9.90. The van der Waals surface area contributed by atoms with Gasteiger partial charge < -0.3 is 5.73 Å². The highest BCUT2D eigenvalue weighted by Crippen LogP contribution is 2.63. The number of aryl methyl sites for hydroxylation is 1. The summed E-state index contributed by atoms with van der Waals surface area (Å²) >= 11 is 0. The third kappa shape index (κ3) is 0.883. The molecule has 0 aromatic carbocycles. The summed E-state index contributed by atoms with van der Waals surface area (Å²) in [5.41, 5.74) is 8.14. The van der Waals surface area contributed by atoms with Gasteiger partial charge in [-0.1, -0.05) is 0 Å². The van der Waals surface area contributed by atoms with E-state index in [9.17, 15) is 0 Å². The van der Waals surface area contributed by atoms with Crippen LogP contribution in [0.3, 0.4) is 0 Å². The molecule has 14 heavy (non-hydrogen) atoms. The lowest BCUT2D eigenvalue weighted by molar-refractivity contribution is 0.455. The van der Waals surface area contributed by atoms with E-state index < -0.39 is 0 Å². The minimum absolute atomic E-state index is 0.111. The molecule has 76 valence electrons. The first-order valence-corrected chi connectivity index (χ1v) is 5.53. The van der Waals surface area contributed by atoms with Gasteiger partial charge in [-0.2, -0.15) is 5.10 Å². The molecule has 2 aliphatic carbocycles. The van der Waals surface area contributed by atoms with E-state index in [1.165, 1.54) is 31.4 Å². The van der Waals surface area contributed by atoms with Gasteiger partial charge in [0.25, 0.3) is 0 Å². The molecule has 0 aliphatic heterocycles. The van der Waals surface area contributed by atoms with Crippen LogP contribution in [0.2, 0.25) is 0 Å². The molecule has 0 atom stereocenters. The van der Waals surface area contributed by atoms with Crippen molar-refractivity contribution in [1.29, 1.82) is 0 Å². The summed E-state index contributed by atoms with van der Waals surface area (Å²) in [5, 5.41) is 4.34. The molecule has 1 aromatic rings. The summed E-state index contributed by atoms with van der Waals surface area (Å²) < 4.78 is 2.11. The van der Waals surface area contributed by atoms with Crippen molar-refractivity contribution in [2.45, 2.75) is 50.1 Å². The molecule has 2 saturated carbocycles. The van der Waals surface area contributed by atoms with Gasteiger partial charge in [0.2, 0.25) is 0 Å². The van der Waals surface area contributed by atoms with Gasteiger partial charge in [0.15, 0.2) is 0 Å². The zero-order chi connectivity index (χ0) is 9.81. The summed E-state index contributed by atoms with van der Waals surface area (Å²) in [6.45, 7) is 3.10. The fourth-order valence-electron chi connectivity index (χ4n) is 2.74. The van der Waals surface area contributed by atoms with Crippen LogP contribution in [0.1, 0.15) is 38.3 Å².